The molecule has 33 heavy (non-hydrogen) atoms. The molecule has 11 heteroatoms. The number of anilines is 1. The first-order valence-corrected chi connectivity index (χ1v) is 10.7. The van der Waals surface area contributed by atoms with Crippen molar-refractivity contribution < 1.29 is 14.3 Å². The number of nitrogens with zero attached hydrogens (tertiary/aromatic N) is 5. The van der Waals surface area contributed by atoms with Crippen molar-refractivity contribution in [1.82, 2.24) is 24.0 Å². The van der Waals surface area contributed by atoms with Gasteiger partial charge in [0.05, 0.1) is 12.8 Å². The maximum Gasteiger partial charge on any atom is 0.410 e. The monoisotopic (exact) mass is 456 g/mol. The van der Waals surface area contributed by atoms with Gasteiger partial charge in [0, 0.05) is 33.2 Å². The van der Waals surface area contributed by atoms with Crippen molar-refractivity contribution in [3.63, 3.8) is 0 Å². The van der Waals surface area contributed by atoms with Crippen molar-refractivity contribution in [2.45, 2.75) is 26.4 Å². The van der Waals surface area contributed by atoms with Crippen LogP contribution in [0, 0.1) is 0 Å². The summed E-state index contributed by atoms with van der Waals surface area (Å²) in [6, 6.07) is 7.29. The van der Waals surface area contributed by atoms with Gasteiger partial charge in [-0.25, -0.2) is 9.59 Å². The normalized spacial score (nSPS) is 14.6. The first-order valence-electron chi connectivity index (χ1n) is 10.7. The number of carbonyl (C=O) groups excluding carboxylic acids is 1. The van der Waals surface area contributed by atoms with Crippen molar-refractivity contribution in [3.05, 3.63) is 45.1 Å². The molecule has 0 unspecified atom stereocenters. The molecule has 1 N–H and O–H groups in total. The number of rotatable bonds is 3. The standard InChI is InChI=1S/C22H28N6O5/c1-22(2,3)33-21(31)27-12-10-26(11-13-27)19-23-17-16(18(29)24-20(30)25(17)4)28(19)14-8-6-7-9-15(14)32-5/h6-9H,10-13H2,1-5H3,(H,24,29,30). The highest BCUT2D eigenvalue weighted by Crippen LogP contribution is 2.31. The Bertz CT molecular complexity index is 1310. The Labute approximate surface area is 190 Å². The van der Waals surface area contributed by atoms with Gasteiger partial charge in [-0.1, -0.05) is 12.1 Å². The van der Waals surface area contributed by atoms with Crippen molar-refractivity contribution >= 4 is 23.2 Å². The van der Waals surface area contributed by atoms with Gasteiger partial charge in [-0.15, -0.1) is 0 Å². The summed E-state index contributed by atoms with van der Waals surface area (Å²) in [4.78, 5) is 48.2. The summed E-state index contributed by atoms with van der Waals surface area (Å²) in [6.07, 6.45) is -0.362. The van der Waals surface area contributed by atoms with Crippen LogP contribution in [0.1, 0.15) is 20.8 Å². The van der Waals surface area contributed by atoms with Gasteiger partial charge in [-0.3, -0.25) is 18.9 Å². The lowest BCUT2D eigenvalue weighted by Crippen LogP contribution is -2.50. The summed E-state index contributed by atoms with van der Waals surface area (Å²) in [7, 11) is 3.11. The van der Waals surface area contributed by atoms with E-state index in [1.165, 1.54) is 4.57 Å². The van der Waals surface area contributed by atoms with Crippen LogP contribution in [0.2, 0.25) is 0 Å². The number of fused-ring (bicyclic) bond motifs is 1. The fraction of sp³-hybridized carbons (Fsp3) is 0.455. The quantitative estimate of drug-likeness (QED) is 0.635. The van der Waals surface area contributed by atoms with Crippen molar-refractivity contribution in [2.24, 2.45) is 7.05 Å². The van der Waals surface area contributed by atoms with Crippen molar-refractivity contribution in [2.75, 3.05) is 38.2 Å². The highest BCUT2D eigenvalue weighted by atomic mass is 16.6. The average Bonchev–Trinajstić information content (AvgIpc) is 3.17. The first kappa shape index (κ1) is 22.4. The Hall–Kier alpha value is -3.76. The first-order chi connectivity index (χ1) is 15.6. The minimum Gasteiger partial charge on any atom is -0.495 e. The van der Waals surface area contributed by atoms with Crippen LogP contribution in [0.4, 0.5) is 10.7 Å². The predicted molar refractivity (Wildman–Crippen MR) is 124 cm³/mol. The summed E-state index contributed by atoms with van der Waals surface area (Å²) in [5.41, 5.74) is -0.525. The second kappa shape index (κ2) is 8.30. The summed E-state index contributed by atoms with van der Waals surface area (Å²) in [6.45, 7) is 7.31. The Kier molecular flexibility index (Phi) is 5.64. The Morgan fingerprint density at radius 1 is 1.09 bits per heavy atom. The molecule has 4 rings (SSSR count). The SMILES string of the molecule is COc1ccccc1-n1c(N2CCN(C(=O)OC(C)(C)C)CC2)nc2c1c(=O)[nH]c(=O)n2C. The largest absolute Gasteiger partial charge is 0.495 e. The number of hydrogen-bond donors (Lipinski definition) is 1. The van der Waals surface area contributed by atoms with Gasteiger partial charge in [-0.2, -0.15) is 4.98 Å². The van der Waals surface area contributed by atoms with Gasteiger partial charge >= 0.3 is 11.8 Å². The van der Waals surface area contributed by atoms with E-state index in [2.05, 4.69) is 9.97 Å². The molecule has 0 radical (unpaired) electrons. The van der Waals surface area contributed by atoms with Crippen LogP contribution in [-0.4, -0.2) is 69.0 Å². The van der Waals surface area contributed by atoms with E-state index >= 15 is 0 Å². The van der Waals surface area contributed by atoms with Gasteiger partial charge in [0.15, 0.2) is 11.2 Å². The molecule has 1 amide bonds. The number of aryl methyl sites for hydroxylation is 1. The number of H-pyrrole nitrogens is 1. The zero-order chi connectivity index (χ0) is 23.9. The molecule has 176 valence electrons. The number of ether oxygens (including phenoxy) is 2. The molecule has 2 aromatic heterocycles. The number of carbonyl (C=O) groups is 1. The van der Waals surface area contributed by atoms with Crippen molar-refractivity contribution in [3.8, 4) is 11.4 Å². The maximum atomic E-state index is 12.9. The third-order valence-electron chi connectivity index (χ3n) is 5.44. The maximum absolute atomic E-state index is 12.9. The van der Waals surface area contributed by atoms with Crippen LogP contribution < -0.4 is 20.9 Å². The third-order valence-corrected chi connectivity index (χ3v) is 5.44. The molecule has 1 fully saturated rings. The Morgan fingerprint density at radius 3 is 2.39 bits per heavy atom. The van der Waals surface area contributed by atoms with E-state index in [1.54, 1.807) is 29.7 Å². The summed E-state index contributed by atoms with van der Waals surface area (Å²) in [5.74, 6) is 1.05. The second-order valence-corrected chi connectivity index (χ2v) is 8.86. The topological polar surface area (TPSA) is 115 Å². The highest BCUT2D eigenvalue weighted by molar-refractivity contribution is 5.79. The fourth-order valence-electron chi connectivity index (χ4n) is 3.84. The van der Waals surface area contributed by atoms with E-state index < -0.39 is 16.9 Å². The van der Waals surface area contributed by atoms with Crippen LogP contribution in [0.3, 0.4) is 0 Å². The minimum absolute atomic E-state index is 0.242. The molecule has 11 nitrogen and oxygen atoms in total. The lowest BCUT2D eigenvalue weighted by atomic mass is 10.2. The number of aromatic amines is 1. The molecular weight excluding hydrogens is 428 g/mol. The summed E-state index contributed by atoms with van der Waals surface area (Å²) < 4.78 is 14.0. The molecule has 0 spiro atoms. The smallest absolute Gasteiger partial charge is 0.410 e. The van der Waals surface area contributed by atoms with E-state index in [1.807, 2.05) is 43.9 Å². The highest BCUT2D eigenvalue weighted by Gasteiger charge is 2.30. The van der Waals surface area contributed by atoms with Crippen LogP contribution in [0.5, 0.6) is 5.75 Å². The predicted octanol–water partition coefficient (Wildman–Crippen LogP) is 1.48. The Morgan fingerprint density at radius 2 is 1.76 bits per heavy atom. The lowest BCUT2D eigenvalue weighted by Gasteiger charge is -2.36. The van der Waals surface area contributed by atoms with Gasteiger partial charge in [0.25, 0.3) is 5.56 Å². The number of nitrogens with one attached hydrogen (secondary N) is 1. The molecule has 1 aromatic carbocycles. The number of amides is 1. The number of para-hydroxylation sites is 2. The fourth-order valence-corrected chi connectivity index (χ4v) is 3.84. The van der Waals surface area contributed by atoms with Gasteiger partial charge in [0.2, 0.25) is 5.95 Å². The van der Waals surface area contributed by atoms with Crippen LogP contribution in [0.25, 0.3) is 16.9 Å². The van der Waals surface area contributed by atoms with E-state index in [0.29, 0.717) is 43.6 Å². The number of aromatic nitrogens is 4. The summed E-state index contributed by atoms with van der Waals surface area (Å²) >= 11 is 0. The van der Waals surface area contributed by atoms with Crippen LogP contribution >= 0.6 is 0 Å². The number of imidazole rings is 1. The molecule has 0 saturated carbocycles. The molecular formula is C22H28N6O5. The van der Waals surface area contributed by atoms with Crippen molar-refractivity contribution in [1.29, 1.82) is 0 Å². The van der Waals surface area contributed by atoms with E-state index in [-0.39, 0.29) is 17.3 Å². The second-order valence-electron chi connectivity index (χ2n) is 8.86. The average molecular weight is 457 g/mol. The molecule has 1 aliphatic rings. The summed E-state index contributed by atoms with van der Waals surface area (Å²) in [5, 5.41) is 0. The lowest BCUT2D eigenvalue weighted by molar-refractivity contribution is 0.0240. The minimum atomic E-state index is -0.572. The van der Waals surface area contributed by atoms with E-state index in [0.717, 1.165) is 0 Å². The molecule has 0 atom stereocenters. The molecule has 1 aliphatic heterocycles. The van der Waals surface area contributed by atoms with E-state index in [4.69, 9.17) is 9.47 Å². The molecule has 3 aromatic rings. The van der Waals surface area contributed by atoms with Gasteiger partial charge in [-0.05, 0) is 32.9 Å². The molecule has 0 bridgehead atoms. The number of benzene rings is 1. The van der Waals surface area contributed by atoms with Gasteiger partial charge in [0.1, 0.15) is 11.4 Å². The van der Waals surface area contributed by atoms with Gasteiger partial charge < -0.3 is 19.3 Å². The van der Waals surface area contributed by atoms with Crippen LogP contribution in [0.15, 0.2) is 33.9 Å². The van der Waals surface area contributed by atoms with E-state index in [9.17, 15) is 14.4 Å². The molecule has 3 heterocycles. The molecule has 0 aliphatic carbocycles. The van der Waals surface area contributed by atoms with Crippen LogP contribution in [-0.2, 0) is 11.8 Å². The zero-order valence-corrected chi connectivity index (χ0v) is 19.4. The zero-order valence-electron chi connectivity index (χ0n) is 19.4. The number of hydrogen-bond acceptors (Lipinski definition) is 7. The Balaban J connectivity index is 1.78. The molecule has 1 saturated heterocycles. The number of piperazine rings is 1. The third kappa shape index (κ3) is 4.18. The number of methoxy groups -OCH3 is 1.